The molecule has 1 saturated carbocycles. The quantitative estimate of drug-likeness (QED) is 0.453. The number of nitrogens with zero attached hydrogens (tertiary/aromatic N) is 1. The van der Waals surface area contributed by atoms with Gasteiger partial charge in [0, 0.05) is 11.1 Å². The summed E-state index contributed by atoms with van der Waals surface area (Å²) in [5.74, 6) is -0.632. The van der Waals surface area contributed by atoms with Crippen molar-refractivity contribution in [2.24, 2.45) is 0 Å². The molecule has 4 rings (SSSR count). The third kappa shape index (κ3) is 6.54. The minimum absolute atomic E-state index is 0.0494. The molecule has 1 unspecified atom stereocenters. The van der Waals surface area contributed by atoms with Gasteiger partial charge in [-0.05, 0) is 54.8 Å². The highest BCUT2D eigenvalue weighted by molar-refractivity contribution is 6.30. The van der Waals surface area contributed by atoms with Gasteiger partial charge in [0.1, 0.15) is 11.8 Å². The summed E-state index contributed by atoms with van der Waals surface area (Å²) >= 11 is 6.09. The smallest absolute Gasteiger partial charge is 0.287 e. The molecule has 3 amide bonds. The maximum atomic E-state index is 13.6. The van der Waals surface area contributed by atoms with Crippen molar-refractivity contribution in [3.05, 3.63) is 83.2 Å². The Morgan fingerprint density at radius 2 is 1.69 bits per heavy atom. The summed E-state index contributed by atoms with van der Waals surface area (Å²) in [6, 6.07) is 12.5. The van der Waals surface area contributed by atoms with E-state index in [9.17, 15) is 14.4 Å². The fraction of sp³-hybridized carbons (Fsp3) is 0.346. The molecule has 9 heteroatoms. The first-order valence-corrected chi connectivity index (χ1v) is 12.1. The van der Waals surface area contributed by atoms with Crippen molar-refractivity contribution in [1.82, 2.24) is 15.5 Å². The van der Waals surface area contributed by atoms with Gasteiger partial charge in [-0.25, -0.2) is 0 Å². The lowest BCUT2D eigenvalue weighted by atomic mass is 9.94. The molecule has 2 heterocycles. The van der Waals surface area contributed by atoms with Gasteiger partial charge in [-0.1, -0.05) is 43.0 Å². The van der Waals surface area contributed by atoms with Crippen molar-refractivity contribution in [2.45, 2.75) is 50.7 Å². The van der Waals surface area contributed by atoms with Gasteiger partial charge in [0.25, 0.3) is 5.91 Å². The zero-order valence-corrected chi connectivity index (χ0v) is 20.0. The Bertz CT molecular complexity index is 1110. The normalized spacial score (nSPS) is 14.8. The van der Waals surface area contributed by atoms with Crippen LogP contribution in [0.2, 0.25) is 5.02 Å². The van der Waals surface area contributed by atoms with Crippen molar-refractivity contribution in [2.75, 3.05) is 6.54 Å². The molecule has 1 aromatic carbocycles. The topological polar surface area (TPSA) is 105 Å². The van der Waals surface area contributed by atoms with E-state index in [-0.39, 0.29) is 30.8 Å². The van der Waals surface area contributed by atoms with E-state index >= 15 is 0 Å². The molecule has 1 fully saturated rings. The second-order valence-electron chi connectivity index (χ2n) is 8.56. The van der Waals surface area contributed by atoms with Crippen LogP contribution in [0, 0.1) is 0 Å². The minimum atomic E-state index is -0.938. The fourth-order valence-corrected chi connectivity index (χ4v) is 4.42. The van der Waals surface area contributed by atoms with Crippen LogP contribution in [0.4, 0.5) is 0 Å². The summed E-state index contributed by atoms with van der Waals surface area (Å²) in [4.78, 5) is 40.8. The first-order valence-electron chi connectivity index (χ1n) is 11.7. The summed E-state index contributed by atoms with van der Waals surface area (Å²) in [6.07, 6.45) is 7.98. The second-order valence-corrected chi connectivity index (χ2v) is 9.00. The maximum Gasteiger partial charge on any atom is 0.287 e. The van der Waals surface area contributed by atoms with Gasteiger partial charge in [-0.15, -0.1) is 0 Å². The molecular weight excluding hydrogens is 470 g/mol. The number of nitrogens with one attached hydrogen (secondary N) is 2. The molecule has 184 valence electrons. The first kappa shape index (κ1) is 24.6. The van der Waals surface area contributed by atoms with Gasteiger partial charge in [-0.2, -0.15) is 0 Å². The van der Waals surface area contributed by atoms with E-state index in [4.69, 9.17) is 20.4 Å². The van der Waals surface area contributed by atoms with Crippen molar-refractivity contribution >= 4 is 29.3 Å². The molecule has 0 saturated heterocycles. The molecule has 0 radical (unpaired) electrons. The lowest BCUT2D eigenvalue weighted by Crippen LogP contribution is -2.49. The van der Waals surface area contributed by atoms with Crippen molar-refractivity contribution < 1.29 is 23.2 Å². The number of carbonyl (C=O) groups excluding carboxylic acids is 3. The van der Waals surface area contributed by atoms with Crippen LogP contribution >= 0.6 is 11.6 Å². The van der Waals surface area contributed by atoms with Crippen LogP contribution in [0.1, 0.15) is 60.0 Å². The number of rotatable bonds is 9. The molecule has 0 spiro atoms. The number of amides is 3. The van der Waals surface area contributed by atoms with Crippen LogP contribution in [0.3, 0.4) is 0 Å². The molecule has 8 nitrogen and oxygen atoms in total. The molecular formula is C26H28ClN3O5. The molecule has 1 aliphatic rings. The average Bonchev–Trinajstić information content (AvgIpc) is 3.58. The lowest BCUT2D eigenvalue weighted by Gasteiger charge is -2.33. The van der Waals surface area contributed by atoms with Crippen LogP contribution in [-0.2, 0) is 16.1 Å². The van der Waals surface area contributed by atoms with Gasteiger partial charge >= 0.3 is 0 Å². The molecule has 0 bridgehead atoms. The van der Waals surface area contributed by atoms with Crippen LogP contribution in [0.5, 0.6) is 0 Å². The van der Waals surface area contributed by atoms with Crippen molar-refractivity contribution in [3.63, 3.8) is 0 Å². The zero-order chi connectivity index (χ0) is 24.6. The standard InChI is InChI=1S/C26H28ClN3O5/c27-19-12-10-18(11-13-19)24(26(33)29-20-6-2-1-3-7-20)30(17-21-8-4-14-34-21)23(31)16-28-25(32)22-9-5-15-35-22/h4-5,8-15,20,24H,1-3,6-7,16-17H2,(H,28,32)(H,29,33). The zero-order valence-electron chi connectivity index (χ0n) is 19.2. The van der Waals surface area contributed by atoms with E-state index in [2.05, 4.69) is 10.6 Å². The Morgan fingerprint density at radius 3 is 2.34 bits per heavy atom. The molecule has 2 N–H and O–H groups in total. The van der Waals surface area contributed by atoms with Gasteiger partial charge in [0.15, 0.2) is 5.76 Å². The minimum Gasteiger partial charge on any atom is -0.467 e. The monoisotopic (exact) mass is 497 g/mol. The number of benzene rings is 1. The molecule has 3 aromatic rings. The Hall–Kier alpha value is -3.52. The third-order valence-corrected chi connectivity index (χ3v) is 6.32. The van der Waals surface area contributed by atoms with Crippen LogP contribution in [-0.4, -0.2) is 35.2 Å². The summed E-state index contributed by atoms with van der Waals surface area (Å²) in [5, 5.41) is 6.23. The van der Waals surface area contributed by atoms with E-state index in [1.54, 1.807) is 42.5 Å². The van der Waals surface area contributed by atoms with E-state index in [0.29, 0.717) is 16.3 Å². The Labute approximate surface area is 208 Å². The summed E-state index contributed by atoms with van der Waals surface area (Å²) < 4.78 is 10.6. The van der Waals surface area contributed by atoms with Gasteiger partial charge in [-0.3, -0.25) is 14.4 Å². The fourth-order valence-electron chi connectivity index (χ4n) is 4.29. The lowest BCUT2D eigenvalue weighted by molar-refractivity contribution is -0.141. The highest BCUT2D eigenvalue weighted by atomic mass is 35.5. The van der Waals surface area contributed by atoms with Crippen LogP contribution < -0.4 is 10.6 Å². The van der Waals surface area contributed by atoms with E-state index < -0.39 is 17.9 Å². The Balaban J connectivity index is 1.60. The average molecular weight is 498 g/mol. The first-order chi connectivity index (χ1) is 17.0. The number of halogens is 1. The van der Waals surface area contributed by atoms with Crippen LogP contribution in [0.25, 0.3) is 0 Å². The SMILES string of the molecule is O=C(NCC(=O)N(Cc1ccco1)C(C(=O)NC1CCCCC1)c1ccc(Cl)cc1)c1ccco1. The summed E-state index contributed by atoms with van der Waals surface area (Å²) in [7, 11) is 0. The van der Waals surface area contributed by atoms with Gasteiger partial charge < -0.3 is 24.4 Å². The van der Waals surface area contributed by atoms with Crippen molar-refractivity contribution in [1.29, 1.82) is 0 Å². The Kier molecular flexibility index (Phi) is 8.26. The highest BCUT2D eigenvalue weighted by Crippen LogP contribution is 2.27. The number of furan rings is 2. The Morgan fingerprint density at radius 1 is 0.971 bits per heavy atom. The van der Waals surface area contributed by atoms with E-state index in [1.165, 1.54) is 23.5 Å². The third-order valence-electron chi connectivity index (χ3n) is 6.07. The van der Waals surface area contributed by atoms with Crippen molar-refractivity contribution in [3.8, 4) is 0 Å². The second kappa shape index (κ2) is 11.8. The summed E-state index contributed by atoms with van der Waals surface area (Å²) in [5.41, 5.74) is 0.611. The number of hydrogen-bond donors (Lipinski definition) is 2. The molecule has 1 aliphatic carbocycles. The van der Waals surface area contributed by atoms with Gasteiger partial charge in [0.05, 0.1) is 25.6 Å². The number of carbonyl (C=O) groups is 3. The van der Waals surface area contributed by atoms with E-state index in [0.717, 1.165) is 32.1 Å². The van der Waals surface area contributed by atoms with Crippen LogP contribution in [0.15, 0.2) is 69.9 Å². The highest BCUT2D eigenvalue weighted by Gasteiger charge is 2.33. The predicted molar refractivity (Wildman–Crippen MR) is 130 cm³/mol. The van der Waals surface area contributed by atoms with Gasteiger partial charge in [0.2, 0.25) is 11.8 Å². The largest absolute Gasteiger partial charge is 0.467 e. The maximum absolute atomic E-state index is 13.6. The molecule has 2 aromatic heterocycles. The predicted octanol–water partition coefficient (Wildman–Crippen LogP) is 4.47. The molecule has 35 heavy (non-hydrogen) atoms. The number of hydrogen-bond acceptors (Lipinski definition) is 5. The molecule has 0 aliphatic heterocycles. The summed E-state index contributed by atoms with van der Waals surface area (Å²) in [6.45, 7) is -0.269. The van der Waals surface area contributed by atoms with E-state index in [1.807, 2.05) is 0 Å². The molecule has 1 atom stereocenters.